The minimum absolute atomic E-state index is 0.0824. The first-order valence-electron chi connectivity index (χ1n) is 6.18. The first kappa shape index (κ1) is 12.8. The van der Waals surface area contributed by atoms with E-state index >= 15 is 0 Å². The van der Waals surface area contributed by atoms with Gasteiger partial charge in [-0.2, -0.15) is 0 Å². The van der Waals surface area contributed by atoms with Crippen LogP contribution in [0.15, 0.2) is 42.5 Å². The van der Waals surface area contributed by atoms with Crippen LogP contribution < -0.4 is 10.6 Å². The van der Waals surface area contributed by atoms with Gasteiger partial charge in [0, 0.05) is 24.8 Å². The van der Waals surface area contributed by atoms with Crippen molar-refractivity contribution in [3.8, 4) is 0 Å². The summed E-state index contributed by atoms with van der Waals surface area (Å²) in [5, 5.41) is 1.18. The van der Waals surface area contributed by atoms with Gasteiger partial charge in [-0.1, -0.05) is 47.5 Å². The maximum atomic E-state index is 6.16. The third-order valence-corrected chi connectivity index (χ3v) is 4.19. The van der Waals surface area contributed by atoms with Crippen molar-refractivity contribution >= 4 is 28.9 Å². The largest absolute Gasteiger partial charge is 0.365 e. The van der Waals surface area contributed by atoms with E-state index in [1.165, 1.54) is 11.3 Å². The number of hydrogen-bond acceptors (Lipinski definition) is 2. The Morgan fingerprint density at radius 3 is 2.68 bits per heavy atom. The molecular weight excluding hydrogens is 279 g/mol. The third-order valence-electron chi connectivity index (χ3n) is 3.45. The molecule has 0 spiro atoms. The van der Waals surface area contributed by atoms with Gasteiger partial charge < -0.3 is 10.6 Å². The van der Waals surface area contributed by atoms with Gasteiger partial charge in [-0.25, -0.2) is 0 Å². The molecule has 1 atom stereocenters. The maximum absolute atomic E-state index is 6.16. The molecule has 19 heavy (non-hydrogen) atoms. The van der Waals surface area contributed by atoms with E-state index in [1.54, 1.807) is 0 Å². The number of benzene rings is 2. The number of hydrogen-bond donors (Lipinski definition) is 1. The zero-order valence-corrected chi connectivity index (χ0v) is 11.8. The van der Waals surface area contributed by atoms with E-state index < -0.39 is 0 Å². The van der Waals surface area contributed by atoms with Crippen LogP contribution in [0.2, 0.25) is 10.0 Å². The van der Waals surface area contributed by atoms with Crippen LogP contribution in [-0.2, 0) is 6.54 Å². The second-order valence-corrected chi connectivity index (χ2v) is 5.61. The Balaban J connectivity index is 1.87. The van der Waals surface area contributed by atoms with Crippen LogP contribution in [-0.4, -0.2) is 6.54 Å². The first-order chi connectivity index (χ1) is 9.15. The Kier molecular flexibility index (Phi) is 3.40. The van der Waals surface area contributed by atoms with Gasteiger partial charge >= 0.3 is 0 Å². The van der Waals surface area contributed by atoms with Crippen LogP contribution in [0, 0.1) is 0 Å². The second kappa shape index (κ2) is 5.04. The van der Waals surface area contributed by atoms with Gasteiger partial charge in [0.05, 0.1) is 10.0 Å². The van der Waals surface area contributed by atoms with Crippen molar-refractivity contribution < 1.29 is 0 Å². The van der Waals surface area contributed by atoms with Crippen molar-refractivity contribution in [3.63, 3.8) is 0 Å². The molecule has 1 heterocycles. The third kappa shape index (κ3) is 2.44. The van der Waals surface area contributed by atoms with E-state index in [2.05, 4.69) is 17.0 Å². The topological polar surface area (TPSA) is 29.3 Å². The Morgan fingerprint density at radius 2 is 1.89 bits per heavy atom. The number of anilines is 1. The highest BCUT2D eigenvalue weighted by Crippen LogP contribution is 2.34. The van der Waals surface area contributed by atoms with Crippen LogP contribution in [0.4, 0.5) is 5.69 Å². The lowest BCUT2D eigenvalue weighted by Crippen LogP contribution is -2.23. The number of nitrogens with two attached hydrogens (primary N) is 1. The van der Waals surface area contributed by atoms with Gasteiger partial charge in [-0.15, -0.1) is 0 Å². The van der Waals surface area contributed by atoms with Crippen LogP contribution in [0.25, 0.3) is 0 Å². The molecule has 0 amide bonds. The minimum atomic E-state index is 0.0824. The average molecular weight is 293 g/mol. The SMILES string of the molecule is N[C@@H]1CN(Cc2ccc(Cl)c(Cl)c2)c2ccccc21. The van der Waals surface area contributed by atoms with Gasteiger partial charge in [0.2, 0.25) is 0 Å². The summed E-state index contributed by atoms with van der Waals surface area (Å²) in [6.07, 6.45) is 0. The van der Waals surface area contributed by atoms with Crippen LogP contribution in [0.5, 0.6) is 0 Å². The molecular formula is C15H14Cl2N2. The van der Waals surface area contributed by atoms with Crippen molar-refractivity contribution in [3.05, 3.63) is 63.6 Å². The summed E-state index contributed by atoms with van der Waals surface area (Å²) >= 11 is 12.0. The summed E-state index contributed by atoms with van der Waals surface area (Å²) in [5.74, 6) is 0. The number of halogens is 2. The Labute approximate surface area is 122 Å². The lowest BCUT2D eigenvalue weighted by Gasteiger charge is -2.19. The van der Waals surface area contributed by atoms with E-state index in [0.717, 1.165) is 18.7 Å². The molecule has 2 nitrogen and oxygen atoms in total. The molecule has 0 saturated heterocycles. The molecule has 3 rings (SSSR count). The quantitative estimate of drug-likeness (QED) is 0.906. The fraction of sp³-hybridized carbons (Fsp3) is 0.200. The molecule has 98 valence electrons. The molecule has 0 unspecified atom stereocenters. The van der Waals surface area contributed by atoms with Gasteiger partial charge in [0.15, 0.2) is 0 Å². The predicted octanol–water partition coefficient (Wildman–Crippen LogP) is 4.01. The van der Waals surface area contributed by atoms with Crippen molar-refractivity contribution in [2.75, 3.05) is 11.4 Å². The van der Waals surface area contributed by atoms with Gasteiger partial charge in [0.25, 0.3) is 0 Å². The summed E-state index contributed by atoms with van der Waals surface area (Å²) in [7, 11) is 0. The van der Waals surface area contributed by atoms with Crippen LogP contribution >= 0.6 is 23.2 Å². The summed E-state index contributed by atoms with van der Waals surface area (Å²) in [6.45, 7) is 1.63. The molecule has 2 aromatic carbocycles. The normalized spacial score (nSPS) is 17.6. The zero-order chi connectivity index (χ0) is 13.4. The van der Waals surface area contributed by atoms with E-state index in [1.807, 2.05) is 30.3 Å². The molecule has 0 fully saturated rings. The Morgan fingerprint density at radius 1 is 1.11 bits per heavy atom. The fourth-order valence-corrected chi connectivity index (χ4v) is 2.85. The Hall–Kier alpha value is -1.22. The lowest BCUT2D eigenvalue weighted by atomic mass is 10.1. The highest BCUT2D eigenvalue weighted by Gasteiger charge is 2.25. The summed E-state index contributed by atoms with van der Waals surface area (Å²) < 4.78 is 0. The molecule has 0 radical (unpaired) electrons. The number of nitrogens with zero attached hydrogens (tertiary/aromatic N) is 1. The minimum Gasteiger partial charge on any atom is -0.365 e. The second-order valence-electron chi connectivity index (χ2n) is 4.79. The van der Waals surface area contributed by atoms with Crippen molar-refractivity contribution in [1.29, 1.82) is 0 Å². The van der Waals surface area contributed by atoms with E-state index in [9.17, 15) is 0 Å². The van der Waals surface area contributed by atoms with Crippen molar-refractivity contribution in [1.82, 2.24) is 0 Å². The van der Waals surface area contributed by atoms with E-state index in [4.69, 9.17) is 28.9 Å². The molecule has 0 aromatic heterocycles. The predicted molar refractivity (Wildman–Crippen MR) is 80.9 cm³/mol. The molecule has 0 saturated carbocycles. The molecule has 0 aliphatic carbocycles. The highest BCUT2D eigenvalue weighted by atomic mass is 35.5. The summed E-state index contributed by atoms with van der Waals surface area (Å²) in [4.78, 5) is 2.28. The van der Waals surface area contributed by atoms with Gasteiger partial charge in [0.1, 0.15) is 0 Å². The van der Waals surface area contributed by atoms with Crippen LogP contribution in [0.3, 0.4) is 0 Å². The molecule has 2 N–H and O–H groups in total. The Bertz CT molecular complexity index is 613. The standard InChI is InChI=1S/C15H14Cl2N2/c16-12-6-5-10(7-13(12)17)8-19-9-14(18)11-3-1-2-4-15(11)19/h1-7,14H,8-9,18H2/t14-/m1/s1. The summed E-state index contributed by atoms with van der Waals surface area (Å²) in [6, 6.07) is 14.1. The highest BCUT2D eigenvalue weighted by molar-refractivity contribution is 6.42. The number of rotatable bonds is 2. The molecule has 2 aromatic rings. The van der Waals surface area contributed by atoms with E-state index in [-0.39, 0.29) is 6.04 Å². The van der Waals surface area contributed by atoms with Crippen molar-refractivity contribution in [2.45, 2.75) is 12.6 Å². The lowest BCUT2D eigenvalue weighted by molar-refractivity contribution is 0.720. The monoisotopic (exact) mass is 292 g/mol. The summed E-state index contributed by atoms with van der Waals surface area (Å²) in [5.41, 5.74) is 9.71. The smallest absolute Gasteiger partial charge is 0.0595 e. The van der Waals surface area contributed by atoms with E-state index in [0.29, 0.717) is 10.0 Å². The van der Waals surface area contributed by atoms with Crippen molar-refractivity contribution in [2.24, 2.45) is 5.73 Å². The molecule has 4 heteroatoms. The maximum Gasteiger partial charge on any atom is 0.0595 e. The molecule has 1 aliphatic heterocycles. The van der Waals surface area contributed by atoms with Crippen LogP contribution in [0.1, 0.15) is 17.2 Å². The number of fused-ring (bicyclic) bond motifs is 1. The average Bonchev–Trinajstić information content (AvgIpc) is 2.72. The first-order valence-corrected chi connectivity index (χ1v) is 6.94. The molecule has 1 aliphatic rings. The van der Waals surface area contributed by atoms with Gasteiger partial charge in [-0.3, -0.25) is 0 Å². The number of para-hydroxylation sites is 1. The molecule has 0 bridgehead atoms. The fourth-order valence-electron chi connectivity index (χ4n) is 2.53. The zero-order valence-electron chi connectivity index (χ0n) is 10.3. The van der Waals surface area contributed by atoms with Gasteiger partial charge in [-0.05, 0) is 29.3 Å².